The first-order chi connectivity index (χ1) is 15.4. The molecule has 9 heteroatoms. The van der Waals surface area contributed by atoms with Gasteiger partial charge in [-0.2, -0.15) is 5.26 Å². The molecule has 0 bridgehead atoms. The van der Waals surface area contributed by atoms with Crippen LogP contribution in [0.2, 0.25) is 10.0 Å². The molecule has 0 aromatic heterocycles. The smallest absolute Gasteiger partial charge is 0.269 e. The SMILES string of the molecule is N#C/C(=C\c1cccc(OCC(=O)Nc2ccc(Cl)c(Cl)c2)c1)c1ccc([N+](=O)[O-])cc1. The first-order valence-electron chi connectivity index (χ1n) is 9.20. The quantitative estimate of drug-likeness (QED) is 0.199. The maximum Gasteiger partial charge on any atom is 0.269 e. The molecule has 0 atom stereocenters. The molecule has 0 aliphatic heterocycles. The summed E-state index contributed by atoms with van der Waals surface area (Å²) in [7, 11) is 0. The average Bonchev–Trinajstić information content (AvgIpc) is 2.79. The van der Waals surface area contributed by atoms with Gasteiger partial charge in [-0.1, -0.05) is 35.3 Å². The highest BCUT2D eigenvalue weighted by Crippen LogP contribution is 2.25. The molecule has 3 aromatic carbocycles. The minimum atomic E-state index is -0.502. The van der Waals surface area contributed by atoms with Crippen molar-refractivity contribution in [2.24, 2.45) is 0 Å². The van der Waals surface area contributed by atoms with Gasteiger partial charge in [-0.25, -0.2) is 0 Å². The van der Waals surface area contributed by atoms with Crippen LogP contribution in [0.15, 0.2) is 66.7 Å². The molecule has 160 valence electrons. The van der Waals surface area contributed by atoms with Gasteiger partial charge in [0.15, 0.2) is 6.61 Å². The van der Waals surface area contributed by atoms with Gasteiger partial charge in [-0.15, -0.1) is 0 Å². The van der Waals surface area contributed by atoms with Crippen LogP contribution in [0.3, 0.4) is 0 Å². The predicted octanol–water partition coefficient (Wildman–Crippen LogP) is 5.98. The number of nitriles is 1. The molecule has 3 aromatic rings. The summed E-state index contributed by atoms with van der Waals surface area (Å²) in [5.74, 6) is 0.0527. The molecule has 0 aliphatic carbocycles. The molecule has 0 fully saturated rings. The first kappa shape index (κ1) is 22.8. The zero-order chi connectivity index (χ0) is 23.1. The molecule has 1 N–H and O–H groups in total. The number of non-ortho nitro benzene ring substituents is 1. The summed E-state index contributed by atoms with van der Waals surface area (Å²) in [5.41, 5.74) is 1.98. The number of carbonyl (C=O) groups excluding carboxylic acids is 1. The summed E-state index contributed by atoms with van der Waals surface area (Å²) in [6.07, 6.45) is 1.63. The highest BCUT2D eigenvalue weighted by Gasteiger charge is 2.08. The molecule has 0 aliphatic rings. The number of nitrogens with zero attached hydrogens (tertiary/aromatic N) is 2. The van der Waals surface area contributed by atoms with Crippen LogP contribution < -0.4 is 10.1 Å². The molecule has 7 nitrogen and oxygen atoms in total. The van der Waals surface area contributed by atoms with E-state index in [0.29, 0.717) is 38.2 Å². The lowest BCUT2D eigenvalue weighted by molar-refractivity contribution is -0.384. The van der Waals surface area contributed by atoms with E-state index in [1.165, 1.54) is 30.3 Å². The number of benzene rings is 3. The van der Waals surface area contributed by atoms with Crippen molar-refractivity contribution < 1.29 is 14.5 Å². The van der Waals surface area contributed by atoms with Crippen molar-refractivity contribution in [1.29, 1.82) is 5.26 Å². The number of carbonyl (C=O) groups is 1. The number of rotatable bonds is 7. The number of nitro benzene ring substituents is 1. The van der Waals surface area contributed by atoms with Crippen molar-refractivity contribution in [1.82, 2.24) is 0 Å². The Hall–Kier alpha value is -3.86. The summed E-state index contributed by atoms with van der Waals surface area (Å²) in [6.45, 7) is -0.235. The van der Waals surface area contributed by atoms with Gasteiger partial charge in [0.05, 0.1) is 26.6 Å². The summed E-state index contributed by atoms with van der Waals surface area (Å²) >= 11 is 11.8. The van der Waals surface area contributed by atoms with Crippen molar-refractivity contribution >= 4 is 52.1 Å². The van der Waals surface area contributed by atoms with Crippen LogP contribution in [-0.4, -0.2) is 17.4 Å². The Labute approximate surface area is 193 Å². The van der Waals surface area contributed by atoms with E-state index in [0.717, 1.165) is 0 Å². The Morgan fingerprint density at radius 3 is 2.50 bits per heavy atom. The van der Waals surface area contributed by atoms with Gasteiger partial charge in [0.1, 0.15) is 5.75 Å². The molecule has 0 saturated heterocycles. The van der Waals surface area contributed by atoms with E-state index in [2.05, 4.69) is 11.4 Å². The van der Waals surface area contributed by atoms with Crippen LogP contribution in [0.5, 0.6) is 5.75 Å². The van der Waals surface area contributed by atoms with Crippen molar-refractivity contribution in [2.75, 3.05) is 11.9 Å². The fourth-order valence-electron chi connectivity index (χ4n) is 2.72. The number of halogens is 2. The van der Waals surface area contributed by atoms with Crippen LogP contribution in [-0.2, 0) is 4.79 Å². The van der Waals surface area contributed by atoms with Gasteiger partial charge < -0.3 is 10.1 Å². The van der Waals surface area contributed by atoms with Gasteiger partial charge in [-0.05, 0) is 59.7 Å². The molecule has 0 radical (unpaired) electrons. The molecule has 0 unspecified atom stereocenters. The molecule has 3 rings (SSSR count). The molecular formula is C23H15Cl2N3O4. The molecule has 0 heterocycles. The first-order valence-corrected chi connectivity index (χ1v) is 9.95. The third-order valence-corrected chi connectivity index (χ3v) is 4.99. The van der Waals surface area contributed by atoms with Gasteiger partial charge >= 0.3 is 0 Å². The number of nitro groups is 1. The summed E-state index contributed by atoms with van der Waals surface area (Å²) in [4.78, 5) is 22.4. The second kappa shape index (κ2) is 10.4. The van der Waals surface area contributed by atoms with Crippen molar-refractivity contribution in [3.8, 4) is 11.8 Å². The molecule has 1 amide bonds. The Morgan fingerprint density at radius 1 is 1.09 bits per heavy atom. The Balaban J connectivity index is 1.67. The van der Waals surface area contributed by atoms with Crippen LogP contribution in [0.4, 0.5) is 11.4 Å². The van der Waals surface area contributed by atoms with E-state index >= 15 is 0 Å². The van der Waals surface area contributed by atoms with Crippen LogP contribution >= 0.6 is 23.2 Å². The van der Waals surface area contributed by atoms with Crippen molar-refractivity contribution in [3.05, 3.63) is 98.0 Å². The molecular weight excluding hydrogens is 453 g/mol. The van der Waals surface area contributed by atoms with Gasteiger partial charge in [0.25, 0.3) is 11.6 Å². The summed E-state index contributed by atoms with van der Waals surface area (Å²) < 4.78 is 5.54. The standard InChI is InChI=1S/C23H15Cl2N3O4/c24-21-9-6-18(12-22(21)25)27-23(29)14-32-20-3-1-2-15(11-20)10-17(13-26)16-4-7-19(8-5-16)28(30)31/h1-12H,14H2,(H,27,29)/b17-10+. The topological polar surface area (TPSA) is 105 Å². The lowest BCUT2D eigenvalue weighted by Crippen LogP contribution is -2.20. The van der Waals surface area contributed by atoms with Gasteiger partial charge in [0.2, 0.25) is 0 Å². The van der Waals surface area contributed by atoms with Gasteiger partial charge in [0, 0.05) is 17.8 Å². The second-order valence-electron chi connectivity index (χ2n) is 6.51. The Kier molecular flexibility index (Phi) is 7.45. The fourth-order valence-corrected chi connectivity index (χ4v) is 3.02. The molecule has 0 saturated carbocycles. The average molecular weight is 468 g/mol. The second-order valence-corrected chi connectivity index (χ2v) is 7.33. The fraction of sp³-hybridized carbons (Fsp3) is 0.0435. The highest BCUT2D eigenvalue weighted by atomic mass is 35.5. The van der Waals surface area contributed by atoms with E-state index < -0.39 is 4.92 Å². The number of hydrogen-bond donors (Lipinski definition) is 1. The third-order valence-electron chi connectivity index (χ3n) is 4.25. The maximum absolute atomic E-state index is 12.1. The monoisotopic (exact) mass is 467 g/mol. The maximum atomic E-state index is 12.1. The van der Waals surface area contributed by atoms with E-state index in [1.807, 2.05) is 0 Å². The van der Waals surface area contributed by atoms with Crippen LogP contribution in [0.1, 0.15) is 11.1 Å². The highest BCUT2D eigenvalue weighted by molar-refractivity contribution is 6.42. The van der Waals surface area contributed by atoms with E-state index in [1.54, 1.807) is 42.5 Å². The Morgan fingerprint density at radius 2 is 1.84 bits per heavy atom. The van der Waals surface area contributed by atoms with E-state index in [-0.39, 0.29) is 18.2 Å². The number of amides is 1. The predicted molar refractivity (Wildman–Crippen MR) is 124 cm³/mol. The lowest BCUT2D eigenvalue weighted by Gasteiger charge is -2.09. The van der Waals surface area contributed by atoms with E-state index in [9.17, 15) is 20.2 Å². The minimum Gasteiger partial charge on any atom is -0.484 e. The molecule has 0 spiro atoms. The Bertz CT molecular complexity index is 1230. The number of nitrogens with one attached hydrogen (secondary N) is 1. The molecule has 32 heavy (non-hydrogen) atoms. The lowest BCUT2D eigenvalue weighted by atomic mass is 10.0. The van der Waals surface area contributed by atoms with Crippen molar-refractivity contribution in [3.63, 3.8) is 0 Å². The summed E-state index contributed by atoms with van der Waals surface area (Å²) in [6, 6.07) is 19.4. The number of hydrogen-bond acceptors (Lipinski definition) is 5. The zero-order valence-corrected chi connectivity index (χ0v) is 17.9. The van der Waals surface area contributed by atoms with Crippen LogP contribution in [0.25, 0.3) is 11.6 Å². The number of ether oxygens (including phenoxy) is 1. The van der Waals surface area contributed by atoms with Gasteiger partial charge in [-0.3, -0.25) is 14.9 Å². The van der Waals surface area contributed by atoms with Crippen LogP contribution in [0, 0.1) is 21.4 Å². The zero-order valence-electron chi connectivity index (χ0n) is 16.4. The summed E-state index contributed by atoms with van der Waals surface area (Å²) in [5, 5.41) is 23.7. The minimum absolute atomic E-state index is 0.0550. The third kappa shape index (κ3) is 6.08. The van der Waals surface area contributed by atoms with Crippen molar-refractivity contribution in [2.45, 2.75) is 0 Å². The number of allylic oxidation sites excluding steroid dienone is 1. The largest absolute Gasteiger partial charge is 0.484 e. The van der Waals surface area contributed by atoms with E-state index in [4.69, 9.17) is 27.9 Å². The number of anilines is 1. The normalized spacial score (nSPS) is 10.8.